The van der Waals surface area contributed by atoms with E-state index >= 15 is 0 Å². The molecular formula is C33H51NO3S. The fraction of sp³-hybridized carbons (Fsp3) is 0.727. The molecule has 0 amide bonds. The van der Waals surface area contributed by atoms with Gasteiger partial charge in [0, 0.05) is 31.0 Å². The number of thioether (sulfide) groups is 1. The molecule has 5 heteroatoms. The van der Waals surface area contributed by atoms with E-state index in [2.05, 4.69) is 58.6 Å². The lowest BCUT2D eigenvalue weighted by molar-refractivity contribution is -0.134. The van der Waals surface area contributed by atoms with Crippen molar-refractivity contribution in [1.82, 2.24) is 4.90 Å². The summed E-state index contributed by atoms with van der Waals surface area (Å²) in [6, 6.07) is 4.43. The Kier molecular flexibility index (Phi) is 10.3. The summed E-state index contributed by atoms with van der Waals surface area (Å²) in [6.07, 6.45) is 9.59. The van der Waals surface area contributed by atoms with Gasteiger partial charge in [-0.1, -0.05) is 53.4 Å². The van der Waals surface area contributed by atoms with E-state index < -0.39 is 0 Å². The van der Waals surface area contributed by atoms with Crippen molar-refractivity contribution in [3.8, 4) is 11.5 Å². The molecule has 38 heavy (non-hydrogen) atoms. The van der Waals surface area contributed by atoms with Crippen molar-refractivity contribution in [2.45, 2.75) is 111 Å². The summed E-state index contributed by atoms with van der Waals surface area (Å²) in [5.41, 5.74) is 4.69. The van der Waals surface area contributed by atoms with Crippen LogP contribution in [0.15, 0.2) is 17.7 Å². The molecule has 0 saturated carbocycles. The fourth-order valence-corrected chi connectivity index (χ4v) is 7.42. The minimum absolute atomic E-state index is 0.116. The molecule has 0 radical (unpaired) electrons. The van der Waals surface area contributed by atoms with Crippen LogP contribution in [0.3, 0.4) is 0 Å². The standard InChI is InChI=1S/C33H51NO3S/c1-7-8-9-11-24(3)25(4)26-21-29(36-31(35)12-10-15-34-16-18-38-19-17-34)32-27-20-23(2)13-14-28(27)33(5,6)37-30(32)22-26/h21-25H,7-20H2,1-6H3. The lowest BCUT2D eigenvalue weighted by atomic mass is 9.74. The first-order valence-electron chi connectivity index (χ1n) is 15.3. The third kappa shape index (κ3) is 7.18. The molecule has 3 unspecified atom stereocenters. The number of rotatable bonds is 11. The van der Waals surface area contributed by atoms with E-state index in [1.807, 2.05) is 11.8 Å². The molecule has 3 aliphatic rings. The number of carbonyl (C=O) groups is 1. The molecule has 2 aliphatic heterocycles. The van der Waals surface area contributed by atoms with Gasteiger partial charge in [0.2, 0.25) is 0 Å². The van der Waals surface area contributed by atoms with Crippen LogP contribution in [0.2, 0.25) is 0 Å². The second-order valence-electron chi connectivity index (χ2n) is 12.6. The summed E-state index contributed by atoms with van der Waals surface area (Å²) in [6.45, 7) is 16.9. The third-order valence-electron chi connectivity index (χ3n) is 9.11. The van der Waals surface area contributed by atoms with Gasteiger partial charge < -0.3 is 14.4 Å². The van der Waals surface area contributed by atoms with Crippen molar-refractivity contribution >= 4 is 23.3 Å². The van der Waals surface area contributed by atoms with Crippen LogP contribution >= 0.6 is 11.8 Å². The van der Waals surface area contributed by atoms with Gasteiger partial charge in [-0.15, -0.1) is 0 Å². The quantitative estimate of drug-likeness (QED) is 0.160. The molecule has 1 aliphatic carbocycles. The summed E-state index contributed by atoms with van der Waals surface area (Å²) in [5, 5.41) is 0. The molecule has 1 fully saturated rings. The summed E-state index contributed by atoms with van der Waals surface area (Å²) >= 11 is 2.02. The van der Waals surface area contributed by atoms with Gasteiger partial charge in [-0.25, -0.2) is 0 Å². The molecule has 3 atom stereocenters. The maximum absolute atomic E-state index is 13.2. The van der Waals surface area contributed by atoms with Crippen molar-refractivity contribution in [2.75, 3.05) is 31.1 Å². The van der Waals surface area contributed by atoms with Crippen molar-refractivity contribution in [1.29, 1.82) is 0 Å². The first-order chi connectivity index (χ1) is 18.2. The molecular weight excluding hydrogens is 490 g/mol. The molecule has 1 aromatic carbocycles. The minimum Gasteiger partial charge on any atom is -0.483 e. The van der Waals surface area contributed by atoms with Crippen molar-refractivity contribution in [3.05, 3.63) is 28.8 Å². The molecule has 0 spiro atoms. The predicted octanol–water partition coefficient (Wildman–Crippen LogP) is 8.49. The molecule has 4 nitrogen and oxygen atoms in total. The number of allylic oxidation sites excluding steroid dienone is 1. The zero-order chi connectivity index (χ0) is 27.3. The average molecular weight is 542 g/mol. The molecule has 0 bridgehead atoms. The van der Waals surface area contributed by atoms with E-state index in [4.69, 9.17) is 9.47 Å². The number of esters is 1. The smallest absolute Gasteiger partial charge is 0.311 e. The van der Waals surface area contributed by atoms with Gasteiger partial charge in [0.05, 0.1) is 5.56 Å². The first-order valence-corrected chi connectivity index (χ1v) is 16.5. The maximum atomic E-state index is 13.2. The van der Waals surface area contributed by atoms with Gasteiger partial charge in [0.25, 0.3) is 0 Å². The molecule has 0 aromatic heterocycles. The summed E-state index contributed by atoms with van der Waals surface area (Å²) in [5.74, 6) is 5.47. The van der Waals surface area contributed by atoms with Crippen LogP contribution in [-0.2, 0) is 4.79 Å². The zero-order valence-corrected chi connectivity index (χ0v) is 25.7. The Morgan fingerprint density at radius 2 is 1.95 bits per heavy atom. The van der Waals surface area contributed by atoms with E-state index in [0.717, 1.165) is 56.0 Å². The molecule has 1 aromatic rings. The van der Waals surface area contributed by atoms with Gasteiger partial charge in [0.1, 0.15) is 17.1 Å². The lowest BCUT2D eigenvalue weighted by Gasteiger charge is -2.41. The van der Waals surface area contributed by atoms with Crippen LogP contribution < -0.4 is 9.47 Å². The Bertz CT molecular complexity index is 994. The number of fused-ring (bicyclic) bond motifs is 2. The number of hydrogen-bond acceptors (Lipinski definition) is 5. The number of carbonyl (C=O) groups excluding carboxylic acids is 1. The van der Waals surface area contributed by atoms with Crippen LogP contribution in [0, 0.1) is 11.8 Å². The normalized spacial score (nSPS) is 22.7. The number of unbranched alkanes of at least 4 members (excludes halogenated alkanes) is 2. The number of benzene rings is 1. The Labute approximate surface area is 236 Å². The van der Waals surface area contributed by atoms with Crippen LogP contribution in [-0.4, -0.2) is 47.6 Å². The van der Waals surface area contributed by atoms with Gasteiger partial charge in [0.15, 0.2) is 0 Å². The highest BCUT2D eigenvalue weighted by atomic mass is 32.2. The van der Waals surface area contributed by atoms with E-state index in [-0.39, 0.29) is 11.6 Å². The Morgan fingerprint density at radius 3 is 2.68 bits per heavy atom. The van der Waals surface area contributed by atoms with Gasteiger partial charge in [-0.05, 0) is 92.7 Å². The lowest BCUT2D eigenvalue weighted by Crippen LogP contribution is -2.37. The molecule has 1 saturated heterocycles. The van der Waals surface area contributed by atoms with E-state index in [1.165, 1.54) is 60.3 Å². The Balaban J connectivity index is 1.60. The molecule has 2 heterocycles. The number of nitrogens with zero attached hydrogens (tertiary/aromatic N) is 1. The van der Waals surface area contributed by atoms with Gasteiger partial charge in [-0.2, -0.15) is 11.8 Å². The maximum Gasteiger partial charge on any atom is 0.311 e. The first kappa shape index (κ1) is 29.5. The summed E-state index contributed by atoms with van der Waals surface area (Å²) in [4.78, 5) is 15.7. The molecule has 212 valence electrons. The molecule has 4 rings (SSSR count). The SMILES string of the molecule is CCCCCC(C)C(C)c1cc(OC(=O)CCCN2CCSCC2)c2c(c1)OC(C)(C)C1=C2CC(C)CC1. The largest absolute Gasteiger partial charge is 0.483 e. The van der Waals surface area contributed by atoms with Crippen LogP contribution in [0.4, 0.5) is 0 Å². The van der Waals surface area contributed by atoms with Crippen LogP contribution in [0.25, 0.3) is 5.57 Å². The average Bonchev–Trinajstić information content (AvgIpc) is 2.88. The van der Waals surface area contributed by atoms with Crippen LogP contribution in [0.5, 0.6) is 11.5 Å². The minimum atomic E-state index is -0.328. The van der Waals surface area contributed by atoms with Gasteiger partial charge in [-0.3, -0.25) is 4.79 Å². The topological polar surface area (TPSA) is 38.8 Å². The second kappa shape index (κ2) is 13.3. The number of hydrogen-bond donors (Lipinski definition) is 0. The Hall–Kier alpha value is -1.46. The fourth-order valence-electron chi connectivity index (χ4n) is 6.44. The predicted molar refractivity (Wildman–Crippen MR) is 161 cm³/mol. The summed E-state index contributed by atoms with van der Waals surface area (Å²) < 4.78 is 13.0. The highest BCUT2D eigenvalue weighted by Gasteiger charge is 2.39. The zero-order valence-electron chi connectivity index (χ0n) is 24.9. The highest BCUT2D eigenvalue weighted by molar-refractivity contribution is 7.99. The second-order valence-corrected chi connectivity index (χ2v) is 13.8. The van der Waals surface area contributed by atoms with Crippen LogP contribution in [0.1, 0.15) is 116 Å². The van der Waals surface area contributed by atoms with E-state index in [9.17, 15) is 4.79 Å². The monoisotopic (exact) mass is 541 g/mol. The van der Waals surface area contributed by atoms with Crippen molar-refractivity contribution in [3.63, 3.8) is 0 Å². The Morgan fingerprint density at radius 1 is 1.18 bits per heavy atom. The summed E-state index contributed by atoms with van der Waals surface area (Å²) in [7, 11) is 0. The van der Waals surface area contributed by atoms with E-state index in [0.29, 0.717) is 24.2 Å². The van der Waals surface area contributed by atoms with E-state index in [1.54, 1.807) is 0 Å². The van der Waals surface area contributed by atoms with Crippen molar-refractivity contribution in [2.24, 2.45) is 11.8 Å². The van der Waals surface area contributed by atoms with Crippen molar-refractivity contribution < 1.29 is 14.3 Å². The third-order valence-corrected chi connectivity index (χ3v) is 10.1. The van der Waals surface area contributed by atoms with Gasteiger partial charge >= 0.3 is 5.97 Å². The highest BCUT2D eigenvalue weighted by Crippen LogP contribution is 2.52. The number of ether oxygens (including phenoxy) is 2. The molecule has 0 N–H and O–H groups in total.